The third-order valence-electron chi connectivity index (χ3n) is 3.96. The molecule has 0 aromatic heterocycles. The van der Waals surface area contributed by atoms with Gasteiger partial charge in [-0.15, -0.1) is 0 Å². The molecule has 0 unspecified atom stereocenters. The fraction of sp³-hybridized carbons (Fsp3) is 0.150. The zero-order valence-electron chi connectivity index (χ0n) is 15.1. The van der Waals surface area contributed by atoms with Gasteiger partial charge in [0.05, 0.1) is 17.6 Å². The fourth-order valence-electron chi connectivity index (χ4n) is 2.53. The van der Waals surface area contributed by atoms with Gasteiger partial charge in [0.25, 0.3) is 5.91 Å². The van der Waals surface area contributed by atoms with Crippen LogP contribution in [0.15, 0.2) is 47.4 Å². The Morgan fingerprint density at radius 2 is 1.93 bits per heavy atom. The van der Waals surface area contributed by atoms with Crippen molar-refractivity contribution >= 4 is 46.3 Å². The Kier molecular flexibility index (Phi) is 6.11. The second kappa shape index (κ2) is 8.53. The quantitative estimate of drug-likeness (QED) is 0.313. The van der Waals surface area contributed by atoms with Gasteiger partial charge >= 0.3 is 5.97 Å². The molecule has 0 radical (unpaired) electrons. The zero-order chi connectivity index (χ0) is 20.3. The molecule has 1 saturated heterocycles. The number of benzene rings is 2. The van der Waals surface area contributed by atoms with Crippen molar-refractivity contribution in [3.63, 3.8) is 0 Å². The Morgan fingerprint density at radius 3 is 2.54 bits per heavy atom. The summed E-state index contributed by atoms with van der Waals surface area (Å²) in [4.78, 5) is 26.6. The summed E-state index contributed by atoms with van der Waals surface area (Å²) in [6.45, 7) is 2.38. The Morgan fingerprint density at radius 1 is 1.21 bits per heavy atom. The molecule has 0 spiro atoms. The summed E-state index contributed by atoms with van der Waals surface area (Å²) in [7, 11) is 1.45. The van der Waals surface area contributed by atoms with E-state index in [4.69, 9.17) is 21.7 Å². The van der Waals surface area contributed by atoms with Crippen molar-refractivity contribution in [1.82, 2.24) is 4.90 Å². The van der Waals surface area contributed by atoms with Crippen LogP contribution in [0.2, 0.25) is 0 Å². The van der Waals surface area contributed by atoms with Gasteiger partial charge in [-0.1, -0.05) is 30.0 Å². The first-order valence-corrected chi connectivity index (χ1v) is 9.56. The van der Waals surface area contributed by atoms with Gasteiger partial charge in [0.2, 0.25) is 0 Å². The summed E-state index contributed by atoms with van der Waals surface area (Å²) in [6, 6.07) is 9.99. The monoisotopic (exact) mass is 417 g/mol. The summed E-state index contributed by atoms with van der Waals surface area (Å²) < 4.78 is 24.2. The summed E-state index contributed by atoms with van der Waals surface area (Å²) in [5, 5.41) is 0. The molecule has 0 bridgehead atoms. The van der Waals surface area contributed by atoms with E-state index in [1.54, 1.807) is 24.3 Å². The maximum absolute atomic E-state index is 13.0. The minimum absolute atomic E-state index is 0.136. The average Bonchev–Trinajstić information content (AvgIpc) is 2.95. The summed E-state index contributed by atoms with van der Waals surface area (Å²) >= 11 is 6.44. The number of methoxy groups -OCH3 is 1. The van der Waals surface area contributed by atoms with E-state index in [2.05, 4.69) is 0 Å². The molecule has 0 saturated carbocycles. The third-order valence-corrected chi connectivity index (χ3v) is 5.34. The Bertz CT molecular complexity index is 973. The van der Waals surface area contributed by atoms with Gasteiger partial charge in [-0.25, -0.2) is 9.18 Å². The van der Waals surface area contributed by atoms with Crippen LogP contribution in [0.1, 0.15) is 22.8 Å². The van der Waals surface area contributed by atoms with Crippen LogP contribution in [0.25, 0.3) is 6.08 Å². The van der Waals surface area contributed by atoms with Gasteiger partial charge in [-0.2, -0.15) is 0 Å². The summed E-state index contributed by atoms with van der Waals surface area (Å²) in [6.07, 6.45) is 1.71. The third kappa shape index (κ3) is 4.23. The normalized spacial score (nSPS) is 15.2. The van der Waals surface area contributed by atoms with Crippen LogP contribution in [-0.4, -0.2) is 34.8 Å². The van der Waals surface area contributed by atoms with Crippen LogP contribution >= 0.6 is 24.0 Å². The van der Waals surface area contributed by atoms with Crippen LogP contribution < -0.4 is 9.47 Å². The lowest BCUT2D eigenvalue weighted by Crippen LogP contribution is -2.27. The van der Waals surface area contributed by atoms with E-state index >= 15 is 0 Å². The maximum atomic E-state index is 13.0. The van der Waals surface area contributed by atoms with Crippen LogP contribution in [0.3, 0.4) is 0 Å². The van der Waals surface area contributed by atoms with Gasteiger partial charge in [-0.05, 0) is 55.0 Å². The highest BCUT2D eigenvalue weighted by Gasteiger charge is 2.30. The molecule has 1 aliphatic rings. The van der Waals surface area contributed by atoms with E-state index in [1.165, 1.54) is 48.0 Å². The number of esters is 1. The molecular formula is C20H16FNO4S2. The molecule has 144 valence electrons. The predicted molar refractivity (Wildman–Crippen MR) is 110 cm³/mol. The molecule has 5 nitrogen and oxygen atoms in total. The summed E-state index contributed by atoms with van der Waals surface area (Å²) in [5.74, 6) is -0.657. The van der Waals surface area contributed by atoms with E-state index in [9.17, 15) is 14.0 Å². The van der Waals surface area contributed by atoms with Crippen molar-refractivity contribution in [3.05, 3.63) is 64.3 Å². The number of hydrogen-bond acceptors (Lipinski definition) is 6. The molecule has 0 aliphatic carbocycles. The highest BCUT2D eigenvalue weighted by Crippen LogP contribution is 2.34. The lowest BCUT2D eigenvalue weighted by Gasteiger charge is -2.10. The Balaban J connectivity index is 1.82. The van der Waals surface area contributed by atoms with Crippen molar-refractivity contribution in [2.24, 2.45) is 0 Å². The lowest BCUT2D eigenvalue weighted by molar-refractivity contribution is -0.121. The number of rotatable bonds is 5. The van der Waals surface area contributed by atoms with Gasteiger partial charge in [0, 0.05) is 6.54 Å². The number of thioether (sulfide) groups is 1. The van der Waals surface area contributed by atoms with Gasteiger partial charge in [0.1, 0.15) is 10.1 Å². The average molecular weight is 417 g/mol. The number of likely N-dealkylation sites (N-methyl/N-ethyl adjacent to an activating group) is 1. The van der Waals surface area contributed by atoms with Crippen LogP contribution in [0.5, 0.6) is 11.5 Å². The SMILES string of the molecule is CCN1C(=O)C(=Cc2ccc(OC(=O)c3ccc(F)cc3)c(OC)c2)SC1=S. The molecule has 1 aliphatic heterocycles. The molecule has 1 amide bonds. The fourth-order valence-corrected chi connectivity index (χ4v) is 3.91. The van der Waals surface area contributed by atoms with E-state index in [1.807, 2.05) is 6.92 Å². The number of nitrogens with zero attached hydrogens (tertiary/aromatic N) is 1. The second-order valence-electron chi connectivity index (χ2n) is 5.73. The molecule has 28 heavy (non-hydrogen) atoms. The predicted octanol–water partition coefficient (Wildman–Crippen LogP) is 4.27. The van der Waals surface area contributed by atoms with Crippen molar-refractivity contribution < 1.29 is 23.5 Å². The van der Waals surface area contributed by atoms with E-state index in [0.29, 0.717) is 27.1 Å². The topological polar surface area (TPSA) is 55.8 Å². The van der Waals surface area contributed by atoms with Crippen LogP contribution in [0.4, 0.5) is 4.39 Å². The highest BCUT2D eigenvalue weighted by molar-refractivity contribution is 8.26. The standard InChI is InChI=1S/C20H16FNO4S2/c1-3-22-18(23)17(28-20(22)27)11-12-4-9-15(16(10-12)25-2)26-19(24)13-5-7-14(21)8-6-13/h4-11H,3H2,1-2H3. The van der Waals surface area contributed by atoms with Crippen LogP contribution in [-0.2, 0) is 4.79 Å². The van der Waals surface area contributed by atoms with Crippen LogP contribution in [0, 0.1) is 5.82 Å². The highest BCUT2D eigenvalue weighted by atomic mass is 32.2. The molecule has 2 aromatic rings. The molecule has 1 fully saturated rings. The van der Waals surface area contributed by atoms with E-state index in [-0.39, 0.29) is 17.2 Å². The zero-order valence-corrected chi connectivity index (χ0v) is 16.7. The van der Waals surface area contributed by atoms with E-state index in [0.717, 1.165) is 0 Å². The largest absolute Gasteiger partial charge is 0.493 e. The number of carbonyl (C=O) groups excluding carboxylic acids is 2. The first-order valence-electron chi connectivity index (χ1n) is 8.34. The molecule has 3 rings (SSSR count). The lowest BCUT2D eigenvalue weighted by atomic mass is 10.1. The van der Waals surface area contributed by atoms with Crippen molar-refractivity contribution in [2.45, 2.75) is 6.92 Å². The Labute approximate surface area is 171 Å². The number of thiocarbonyl (C=S) groups is 1. The van der Waals surface area contributed by atoms with Crippen molar-refractivity contribution in [1.29, 1.82) is 0 Å². The van der Waals surface area contributed by atoms with Gasteiger partial charge in [-0.3, -0.25) is 9.69 Å². The first-order chi connectivity index (χ1) is 13.4. The molecule has 1 heterocycles. The number of carbonyl (C=O) groups is 2. The molecule has 8 heteroatoms. The maximum Gasteiger partial charge on any atom is 0.343 e. The summed E-state index contributed by atoms with van der Waals surface area (Å²) in [5.41, 5.74) is 0.922. The van der Waals surface area contributed by atoms with Gasteiger partial charge < -0.3 is 9.47 Å². The molecule has 0 atom stereocenters. The number of ether oxygens (including phenoxy) is 2. The first kappa shape index (κ1) is 20.0. The minimum Gasteiger partial charge on any atom is -0.493 e. The molecular weight excluding hydrogens is 401 g/mol. The second-order valence-corrected chi connectivity index (χ2v) is 7.41. The number of amides is 1. The van der Waals surface area contributed by atoms with Crippen molar-refractivity contribution in [2.75, 3.05) is 13.7 Å². The smallest absolute Gasteiger partial charge is 0.343 e. The van der Waals surface area contributed by atoms with E-state index < -0.39 is 11.8 Å². The minimum atomic E-state index is -0.630. The molecule has 0 N–H and O–H groups in total. The van der Waals surface area contributed by atoms with Crippen molar-refractivity contribution in [3.8, 4) is 11.5 Å². The molecule has 2 aromatic carbocycles. The Hall–Kier alpha value is -2.71. The number of hydrogen-bond donors (Lipinski definition) is 0. The number of halogens is 1. The van der Waals surface area contributed by atoms with Gasteiger partial charge in [0.15, 0.2) is 11.5 Å².